The number of thiophene rings is 1. The highest BCUT2D eigenvalue weighted by Crippen LogP contribution is 2.32. The standard InChI is InChI=1S/C27H21N3O2S/c1-3-30-23-7-5-4-6-20(23)21-15-18(8-11-24(21)30)28-26(31)25-14-17-12-16-13-19(32-2)9-10-22(16)29-27(17)33-25/h4-15H,3H2,1-2H3,(H,28,31). The van der Waals surface area contributed by atoms with E-state index in [0.29, 0.717) is 4.88 Å². The number of carbonyl (C=O) groups excluding carboxylic acids is 1. The fourth-order valence-corrected chi connectivity index (χ4v) is 5.43. The molecule has 6 rings (SSSR count). The molecule has 3 aromatic carbocycles. The first-order chi connectivity index (χ1) is 16.1. The van der Waals surface area contributed by atoms with Crippen molar-refractivity contribution in [2.24, 2.45) is 0 Å². The van der Waals surface area contributed by atoms with E-state index in [-0.39, 0.29) is 5.91 Å². The zero-order valence-corrected chi connectivity index (χ0v) is 19.1. The number of anilines is 1. The number of benzene rings is 3. The predicted molar refractivity (Wildman–Crippen MR) is 137 cm³/mol. The van der Waals surface area contributed by atoms with Crippen molar-refractivity contribution in [2.45, 2.75) is 13.5 Å². The van der Waals surface area contributed by atoms with Gasteiger partial charge < -0.3 is 14.6 Å². The van der Waals surface area contributed by atoms with E-state index < -0.39 is 0 Å². The molecule has 0 spiro atoms. The minimum absolute atomic E-state index is 0.127. The molecule has 162 valence electrons. The highest BCUT2D eigenvalue weighted by molar-refractivity contribution is 7.20. The second kappa shape index (κ2) is 7.60. The minimum Gasteiger partial charge on any atom is -0.497 e. The van der Waals surface area contributed by atoms with E-state index >= 15 is 0 Å². The highest BCUT2D eigenvalue weighted by atomic mass is 32.1. The maximum absolute atomic E-state index is 13.1. The summed E-state index contributed by atoms with van der Waals surface area (Å²) in [5.41, 5.74) is 4.05. The Morgan fingerprint density at radius 2 is 1.82 bits per heavy atom. The summed E-state index contributed by atoms with van der Waals surface area (Å²) in [6.07, 6.45) is 0. The first-order valence-corrected chi connectivity index (χ1v) is 11.7. The third kappa shape index (κ3) is 3.22. The molecule has 1 amide bonds. The van der Waals surface area contributed by atoms with E-state index in [2.05, 4.69) is 59.3 Å². The lowest BCUT2D eigenvalue weighted by Crippen LogP contribution is -2.09. The van der Waals surface area contributed by atoms with E-state index in [1.165, 1.54) is 27.8 Å². The number of methoxy groups -OCH3 is 1. The van der Waals surface area contributed by atoms with Gasteiger partial charge in [0.05, 0.1) is 17.5 Å². The molecule has 1 N–H and O–H groups in total. The molecule has 3 aromatic heterocycles. The lowest BCUT2D eigenvalue weighted by Gasteiger charge is -2.05. The normalized spacial score (nSPS) is 11.6. The van der Waals surface area contributed by atoms with Gasteiger partial charge in [-0.15, -0.1) is 11.3 Å². The van der Waals surface area contributed by atoms with Gasteiger partial charge in [0.1, 0.15) is 10.6 Å². The second-order valence-corrected chi connectivity index (χ2v) is 9.03. The molecule has 0 aliphatic carbocycles. The zero-order valence-electron chi connectivity index (χ0n) is 18.3. The maximum Gasteiger partial charge on any atom is 0.265 e. The number of ether oxygens (including phenoxy) is 1. The quantitative estimate of drug-likeness (QED) is 0.319. The molecule has 0 fully saturated rings. The molecule has 0 unspecified atom stereocenters. The van der Waals surface area contributed by atoms with Crippen LogP contribution in [0.3, 0.4) is 0 Å². The molecular formula is C27H21N3O2S. The summed E-state index contributed by atoms with van der Waals surface area (Å²) in [6, 6.07) is 24.3. The third-order valence-corrected chi connectivity index (χ3v) is 7.12. The number of pyridine rings is 1. The van der Waals surface area contributed by atoms with Gasteiger partial charge in [-0.1, -0.05) is 18.2 Å². The van der Waals surface area contributed by atoms with Crippen LogP contribution in [-0.2, 0) is 6.54 Å². The summed E-state index contributed by atoms with van der Waals surface area (Å²) < 4.78 is 7.62. The average molecular weight is 452 g/mol. The number of hydrogen-bond acceptors (Lipinski definition) is 4. The van der Waals surface area contributed by atoms with Crippen LogP contribution >= 0.6 is 11.3 Å². The number of para-hydroxylation sites is 1. The van der Waals surface area contributed by atoms with Gasteiger partial charge in [0.2, 0.25) is 0 Å². The van der Waals surface area contributed by atoms with Gasteiger partial charge in [-0.3, -0.25) is 4.79 Å². The molecule has 6 heteroatoms. The number of nitrogens with one attached hydrogen (secondary N) is 1. The Kier molecular flexibility index (Phi) is 4.55. The average Bonchev–Trinajstić information content (AvgIpc) is 3.40. The summed E-state index contributed by atoms with van der Waals surface area (Å²) in [7, 11) is 1.65. The van der Waals surface area contributed by atoms with Crippen molar-refractivity contribution in [2.75, 3.05) is 12.4 Å². The van der Waals surface area contributed by atoms with Crippen molar-refractivity contribution in [3.63, 3.8) is 0 Å². The van der Waals surface area contributed by atoms with Gasteiger partial charge in [0.25, 0.3) is 5.91 Å². The lowest BCUT2D eigenvalue weighted by atomic mass is 10.1. The summed E-state index contributed by atoms with van der Waals surface area (Å²) in [5, 5.41) is 7.35. The number of aromatic nitrogens is 2. The van der Waals surface area contributed by atoms with Crippen molar-refractivity contribution >= 4 is 65.9 Å². The molecule has 5 nitrogen and oxygen atoms in total. The monoisotopic (exact) mass is 451 g/mol. The summed E-state index contributed by atoms with van der Waals surface area (Å²) in [6.45, 7) is 3.04. The van der Waals surface area contributed by atoms with Crippen LogP contribution in [0, 0.1) is 0 Å². The third-order valence-electron chi connectivity index (χ3n) is 6.08. The Labute approximate surface area is 194 Å². The number of carbonyl (C=O) groups is 1. The Morgan fingerprint density at radius 3 is 2.67 bits per heavy atom. The number of amides is 1. The van der Waals surface area contributed by atoms with E-state index in [1.54, 1.807) is 7.11 Å². The first-order valence-electron chi connectivity index (χ1n) is 10.9. The highest BCUT2D eigenvalue weighted by Gasteiger charge is 2.14. The van der Waals surface area contributed by atoms with Crippen LogP contribution in [0.15, 0.2) is 72.8 Å². The fourth-order valence-electron chi connectivity index (χ4n) is 4.52. The Hall–Kier alpha value is -3.90. The smallest absolute Gasteiger partial charge is 0.265 e. The molecular weight excluding hydrogens is 430 g/mol. The number of rotatable bonds is 4. The van der Waals surface area contributed by atoms with Crippen LogP contribution in [0.25, 0.3) is 42.9 Å². The fraction of sp³-hybridized carbons (Fsp3) is 0.111. The van der Waals surface area contributed by atoms with Crippen molar-refractivity contribution < 1.29 is 9.53 Å². The number of hydrogen-bond donors (Lipinski definition) is 1. The Bertz CT molecular complexity index is 1700. The van der Waals surface area contributed by atoms with E-state index in [1.807, 2.05) is 30.3 Å². The molecule has 0 saturated heterocycles. The van der Waals surface area contributed by atoms with E-state index in [9.17, 15) is 4.79 Å². The Morgan fingerprint density at radius 1 is 0.970 bits per heavy atom. The van der Waals surface area contributed by atoms with Crippen molar-refractivity contribution in [3.05, 3.63) is 77.7 Å². The van der Waals surface area contributed by atoms with Crippen LogP contribution in [0.2, 0.25) is 0 Å². The van der Waals surface area contributed by atoms with Crippen LogP contribution in [-0.4, -0.2) is 22.6 Å². The molecule has 0 aliphatic rings. The predicted octanol–water partition coefficient (Wildman–Crippen LogP) is 6.84. The van der Waals surface area contributed by atoms with Gasteiger partial charge in [-0.05, 0) is 61.5 Å². The van der Waals surface area contributed by atoms with E-state index in [0.717, 1.165) is 44.5 Å². The van der Waals surface area contributed by atoms with Gasteiger partial charge in [0, 0.05) is 44.8 Å². The zero-order chi connectivity index (χ0) is 22.5. The summed E-state index contributed by atoms with van der Waals surface area (Å²) in [5.74, 6) is 0.662. The van der Waals surface area contributed by atoms with Crippen molar-refractivity contribution in [1.29, 1.82) is 0 Å². The number of aryl methyl sites for hydroxylation is 1. The molecule has 3 heterocycles. The molecule has 0 saturated carbocycles. The van der Waals surface area contributed by atoms with Crippen molar-refractivity contribution in [1.82, 2.24) is 9.55 Å². The van der Waals surface area contributed by atoms with Crippen LogP contribution in [0.5, 0.6) is 5.75 Å². The molecule has 0 aliphatic heterocycles. The van der Waals surface area contributed by atoms with Gasteiger partial charge in [0.15, 0.2) is 0 Å². The molecule has 0 radical (unpaired) electrons. The maximum atomic E-state index is 13.1. The van der Waals surface area contributed by atoms with Crippen molar-refractivity contribution in [3.8, 4) is 5.75 Å². The van der Waals surface area contributed by atoms with Gasteiger partial charge in [-0.2, -0.15) is 0 Å². The lowest BCUT2D eigenvalue weighted by molar-refractivity contribution is 0.103. The first kappa shape index (κ1) is 19.8. The largest absolute Gasteiger partial charge is 0.497 e. The van der Waals surface area contributed by atoms with Gasteiger partial charge >= 0.3 is 0 Å². The van der Waals surface area contributed by atoms with Crippen LogP contribution in [0.4, 0.5) is 5.69 Å². The van der Waals surface area contributed by atoms with Crippen LogP contribution in [0.1, 0.15) is 16.6 Å². The van der Waals surface area contributed by atoms with Crippen LogP contribution < -0.4 is 10.1 Å². The number of fused-ring (bicyclic) bond motifs is 5. The van der Waals surface area contributed by atoms with Gasteiger partial charge in [-0.25, -0.2) is 4.98 Å². The summed E-state index contributed by atoms with van der Waals surface area (Å²) >= 11 is 1.40. The SMILES string of the molecule is CCn1c2ccccc2c2cc(NC(=O)c3cc4cc5cc(OC)ccc5nc4s3)ccc21. The molecule has 0 atom stereocenters. The molecule has 0 bridgehead atoms. The molecule has 6 aromatic rings. The second-order valence-electron chi connectivity index (χ2n) is 8.00. The Balaban J connectivity index is 1.36. The number of nitrogens with zero attached hydrogens (tertiary/aromatic N) is 2. The molecule has 33 heavy (non-hydrogen) atoms. The van der Waals surface area contributed by atoms with E-state index in [4.69, 9.17) is 9.72 Å². The minimum atomic E-state index is -0.127. The topological polar surface area (TPSA) is 56.2 Å². The summed E-state index contributed by atoms with van der Waals surface area (Å²) in [4.78, 5) is 19.3.